The van der Waals surface area contributed by atoms with Crippen LogP contribution < -0.4 is 5.32 Å². The minimum absolute atomic E-state index is 0.236. The summed E-state index contributed by atoms with van der Waals surface area (Å²) in [5, 5.41) is 11.5. The summed E-state index contributed by atoms with van der Waals surface area (Å²) in [6.45, 7) is -0.741. The number of carbonyl (C=O) groups excluding carboxylic acids is 1. The van der Waals surface area contributed by atoms with E-state index in [2.05, 4.69) is 10.3 Å². The van der Waals surface area contributed by atoms with Crippen molar-refractivity contribution in [1.82, 2.24) is 9.88 Å². The molecule has 1 fully saturated rings. The molecule has 0 bridgehead atoms. The topological polar surface area (TPSA) is 69.0 Å². The second kappa shape index (κ2) is 6.72. The van der Waals surface area contributed by atoms with Crippen LogP contribution in [0, 0.1) is 23.3 Å². The summed E-state index contributed by atoms with van der Waals surface area (Å²) in [5.74, 6) is -3.96. The van der Waals surface area contributed by atoms with Crippen molar-refractivity contribution in [1.29, 1.82) is 5.26 Å². The normalized spacial score (nSPS) is 20.3. The molecule has 1 aromatic heterocycles. The third-order valence-electron chi connectivity index (χ3n) is 4.01. The molecule has 1 amide bonds. The van der Waals surface area contributed by atoms with Gasteiger partial charge in [0.2, 0.25) is 5.91 Å². The molecule has 130 valence electrons. The molecule has 0 saturated carbocycles. The number of anilines is 1. The van der Waals surface area contributed by atoms with Crippen molar-refractivity contribution in [2.24, 2.45) is 11.8 Å². The number of nitrogens with one attached hydrogen (secondary N) is 1. The minimum Gasteiger partial charge on any atom is -0.309 e. The fourth-order valence-corrected chi connectivity index (χ4v) is 3.57. The van der Waals surface area contributed by atoms with E-state index in [1.165, 1.54) is 11.3 Å². The number of thiazole rings is 1. The number of hydrogen-bond donors (Lipinski definition) is 1. The lowest BCUT2D eigenvalue weighted by Gasteiger charge is -2.19. The summed E-state index contributed by atoms with van der Waals surface area (Å²) in [6, 6.07) is 9.33. The summed E-state index contributed by atoms with van der Waals surface area (Å²) in [7, 11) is 0. The Morgan fingerprint density at radius 3 is 2.68 bits per heavy atom. The molecule has 25 heavy (non-hydrogen) atoms. The standard InChI is InChI=1S/C16H13F3N4OS/c17-16(18,19)12-8-23(9-20)7-11(12)14(24)22-15-21-6-13(25-15)10-4-2-1-3-5-10/h1-6,11-12H,7-8H2,(H,21,22,24). The summed E-state index contributed by atoms with van der Waals surface area (Å²) in [6.07, 6.45) is -1.29. The van der Waals surface area contributed by atoms with E-state index in [0.717, 1.165) is 15.3 Å². The molecular formula is C16H13F3N4OS. The van der Waals surface area contributed by atoms with E-state index in [0.29, 0.717) is 0 Å². The first-order valence-electron chi connectivity index (χ1n) is 7.42. The van der Waals surface area contributed by atoms with Crippen molar-refractivity contribution in [3.05, 3.63) is 36.5 Å². The van der Waals surface area contributed by atoms with Gasteiger partial charge in [-0.3, -0.25) is 4.79 Å². The van der Waals surface area contributed by atoms with Crippen molar-refractivity contribution in [2.45, 2.75) is 6.18 Å². The van der Waals surface area contributed by atoms with Gasteiger partial charge in [-0.25, -0.2) is 4.98 Å². The van der Waals surface area contributed by atoms with Crippen LogP contribution in [0.3, 0.4) is 0 Å². The molecule has 3 rings (SSSR count). The summed E-state index contributed by atoms with van der Waals surface area (Å²) >= 11 is 1.19. The zero-order valence-electron chi connectivity index (χ0n) is 12.8. The second-order valence-corrected chi connectivity index (χ2v) is 6.68. The highest BCUT2D eigenvalue weighted by atomic mass is 32.1. The average Bonchev–Trinajstić information content (AvgIpc) is 3.22. The quantitative estimate of drug-likeness (QED) is 0.846. The first-order chi connectivity index (χ1) is 11.9. The number of nitriles is 1. The molecule has 9 heteroatoms. The van der Waals surface area contributed by atoms with Gasteiger partial charge in [0, 0.05) is 19.3 Å². The van der Waals surface area contributed by atoms with Gasteiger partial charge >= 0.3 is 6.18 Å². The van der Waals surface area contributed by atoms with Gasteiger partial charge in [0.05, 0.1) is 16.7 Å². The lowest BCUT2D eigenvalue weighted by molar-refractivity contribution is -0.181. The Balaban J connectivity index is 1.74. The number of alkyl halides is 3. The average molecular weight is 366 g/mol. The maximum atomic E-state index is 13.1. The second-order valence-electron chi connectivity index (χ2n) is 5.64. The number of carbonyl (C=O) groups is 1. The third kappa shape index (κ3) is 3.74. The highest BCUT2D eigenvalue weighted by molar-refractivity contribution is 7.19. The Kier molecular flexibility index (Phi) is 4.63. The van der Waals surface area contributed by atoms with Crippen LogP contribution in [0.15, 0.2) is 36.5 Å². The maximum absolute atomic E-state index is 13.1. The number of likely N-dealkylation sites (tertiary alicyclic amines) is 1. The highest BCUT2D eigenvalue weighted by Gasteiger charge is 2.52. The Morgan fingerprint density at radius 1 is 1.32 bits per heavy atom. The molecule has 0 spiro atoms. The highest BCUT2D eigenvalue weighted by Crippen LogP contribution is 2.38. The number of benzene rings is 1. The SMILES string of the molecule is N#CN1CC(C(=O)Nc2ncc(-c3ccccc3)s2)C(C(F)(F)F)C1. The molecule has 1 aliphatic heterocycles. The maximum Gasteiger partial charge on any atom is 0.394 e. The molecule has 1 aliphatic rings. The Bertz CT molecular complexity index is 800. The van der Waals surface area contributed by atoms with Gasteiger partial charge in [0.25, 0.3) is 0 Å². The van der Waals surface area contributed by atoms with Crippen LogP contribution in [0.1, 0.15) is 0 Å². The largest absolute Gasteiger partial charge is 0.394 e. The molecule has 0 radical (unpaired) electrons. The molecule has 1 saturated heterocycles. The fourth-order valence-electron chi connectivity index (χ4n) is 2.75. The van der Waals surface area contributed by atoms with E-state index >= 15 is 0 Å². The van der Waals surface area contributed by atoms with E-state index in [4.69, 9.17) is 5.26 Å². The minimum atomic E-state index is -4.54. The van der Waals surface area contributed by atoms with E-state index in [-0.39, 0.29) is 11.7 Å². The van der Waals surface area contributed by atoms with Crippen LogP contribution in [0.25, 0.3) is 10.4 Å². The Morgan fingerprint density at radius 2 is 2.04 bits per heavy atom. The van der Waals surface area contributed by atoms with Gasteiger partial charge in [-0.15, -0.1) is 0 Å². The van der Waals surface area contributed by atoms with Gasteiger partial charge in [-0.1, -0.05) is 41.7 Å². The third-order valence-corrected chi connectivity index (χ3v) is 4.97. The zero-order valence-corrected chi connectivity index (χ0v) is 13.6. The monoisotopic (exact) mass is 366 g/mol. The molecular weight excluding hydrogens is 353 g/mol. The first-order valence-corrected chi connectivity index (χ1v) is 8.23. The predicted octanol–water partition coefficient (Wildman–Crippen LogP) is 3.34. The number of halogens is 3. The van der Waals surface area contributed by atoms with E-state index in [9.17, 15) is 18.0 Å². The van der Waals surface area contributed by atoms with Gasteiger partial charge < -0.3 is 10.2 Å². The Labute approximate surface area is 145 Å². The van der Waals surface area contributed by atoms with Gasteiger partial charge in [-0.2, -0.15) is 18.4 Å². The lowest BCUT2D eigenvalue weighted by atomic mass is 9.95. The summed E-state index contributed by atoms with van der Waals surface area (Å²) < 4.78 is 39.3. The van der Waals surface area contributed by atoms with Crippen molar-refractivity contribution in [3.8, 4) is 16.6 Å². The molecule has 2 atom stereocenters. The predicted molar refractivity (Wildman–Crippen MR) is 86.4 cm³/mol. The van der Waals surface area contributed by atoms with Gasteiger partial charge in [-0.05, 0) is 5.56 Å². The molecule has 1 N–H and O–H groups in total. The number of aromatic nitrogens is 1. The molecule has 5 nitrogen and oxygen atoms in total. The van der Waals surface area contributed by atoms with Crippen molar-refractivity contribution >= 4 is 22.4 Å². The summed E-state index contributed by atoms with van der Waals surface area (Å²) in [4.78, 5) is 18.1. The van der Waals surface area contributed by atoms with E-state index < -0.39 is 30.5 Å². The molecule has 0 aliphatic carbocycles. The van der Waals surface area contributed by atoms with Crippen LogP contribution in [-0.2, 0) is 4.79 Å². The summed E-state index contributed by atoms with van der Waals surface area (Å²) in [5.41, 5.74) is 0.908. The zero-order chi connectivity index (χ0) is 18.0. The van der Waals surface area contributed by atoms with E-state index in [1.54, 1.807) is 12.4 Å². The smallest absolute Gasteiger partial charge is 0.309 e. The van der Waals surface area contributed by atoms with E-state index in [1.807, 2.05) is 30.3 Å². The van der Waals surface area contributed by atoms with Crippen molar-refractivity contribution < 1.29 is 18.0 Å². The number of amides is 1. The van der Waals surface area contributed by atoms with Crippen molar-refractivity contribution in [2.75, 3.05) is 18.4 Å². The number of nitrogens with zero attached hydrogens (tertiary/aromatic N) is 3. The lowest BCUT2D eigenvalue weighted by Crippen LogP contribution is -2.36. The van der Waals surface area contributed by atoms with Crippen LogP contribution in [0.4, 0.5) is 18.3 Å². The van der Waals surface area contributed by atoms with Crippen LogP contribution in [-0.4, -0.2) is 35.1 Å². The van der Waals surface area contributed by atoms with Gasteiger partial charge in [0.1, 0.15) is 0 Å². The first kappa shape index (κ1) is 17.2. The Hall–Kier alpha value is -2.60. The van der Waals surface area contributed by atoms with Crippen LogP contribution in [0.5, 0.6) is 0 Å². The van der Waals surface area contributed by atoms with Gasteiger partial charge in [0.15, 0.2) is 11.3 Å². The molecule has 2 aromatic rings. The number of rotatable bonds is 3. The fraction of sp³-hybridized carbons (Fsp3) is 0.312. The van der Waals surface area contributed by atoms with Crippen molar-refractivity contribution in [3.63, 3.8) is 0 Å². The molecule has 2 heterocycles. The number of hydrogen-bond acceptors (Lipinski definition) is 5. The van der Waals surface area contributed by atoms with Crippen LogP contribution in [0.2, 0.25) is 0 Å². The molecule has 1 aromatic carbocycles. The molecule has 2 unspecified atom stereocenters. The van der Waals surface area contributed by atoms with Crippen LogP contribution >= 0.6 is 11.3 Å².